The Bertz CT molecular complexity index is 2210. The zero-order valence-corrected chi connectivity index (χ0v) is 31.0. The SMILES string of the molecule is CC(=O)N=C(/C=C/C1=C2N(CO)c3ccc(S(=O)(=O)O)cc3C2(C)CC1)/C=C/C1=C2N(CC(O)CS(=O)(=O)O)c3ccc(SOO)cc3C2(C)CC1. The summed E-state index contributed by atoms with van der Waals surface area (Å²) in [6.45, 7) is 4.83. The van der Waals surface area contributed by atoms with Gasteiger partial charge in [0.05, 0.1) is 28.8 Å². The lowest BCUT2D eigenvalue weighted by molar-refractivity contribution is -0.116. The Balaban J connectivity index is 1.37. The molecule has 2 aromatic carbocycles. The van der Waals surface area contributed by atoms with Crippen LogP contribution < -0.4 is 9.80 Å². The zero-order chi connectivity index (χ0) is 37.8. The third-order valence-electron chi connectivity index (χ3n) is 10.3. The summed E-state index contributed by atoms with van der Waals surface area (Å²) in [5.74, 6) is -1.28. The smallest absolute Gasteiger partial charge is 0.294 e. The van der Waals surface area contributed by atoms with E-state index >= 15 is 0 Å². The number of carbonyl (C=O) groups excluding carboxylic acids is 1. The molecule has 14 nitrogen and oxygen atoms in total. The molecule has 0 fully saturated rings. The fourth-order valence-electron chi connectivity index (χ4n) is 8.15. The lowest BCUT2D eigenvalue weighted by atomic mass is 9.82. The molecular formula is C35H39N3O11S3. The van der Waals surface area contributed by atoms with Crippen molar-refractivity contribution in [3.05, 3.63) is 94.4 Å². The number of fused-ring (bicyclic) bond motifs is 6. The molecule has 2 heterocycles. The molecule has 0 saturated heterocycles. The van der Waals surface area contributed by atoms with Crippen molar-refractivity contribution in [1.29, 1.82) is 0 Å². The number of β-amino-alcohol motifs (C(OH)–C–C–N with tert-alkyl or cyclic N) is 1. The van der Waals surface area contributed by atoms with Crippen molar-refractivity contribution in [2.75, 3.05) is 28.8 Å². The fourth-order valence-corrected chi connectivity index (χ4v) is 9.63. The minimum absolute atomic E-state index is 0.127. The number of anilines is 2. The minimum atomic E-state index is -4.46. The van der Waals surface area contributed by atoms with Crippen LogP contribution in [0.2, 0.25) is 0 Å². The molecular weight excluding hydrogens is 735 g/mol. The van der Waals surface area contributed by atoms with Gasteiger partial charge in [0.1, 0.15) is 12.5 Å². The number of rotatable bonds is 12. The number of aliphatic hydroxyl groups is 2. The molecule has 0 radical (unpaired) electrons. The summed E-state index contributed by atoms with van der Waals surface area (Å²) in [5.41, 5.74) is 5.35. The highest BCUT2D eigenvalue weighted by molar-refractivity contribution is 7.94. The summed E-state index contributed by atoms with van der Waals surface area (Å²) in [7, 11) is -8.90. The third kappa shape index (κ3) is 7.04. The maximum atomic E-state index is 12.3. The summed E-state index contributed by atoms with van der Waals surface area (Å²) >= 11 is 0.774. The van der Waals surface area contributed by atoms with Crippen LogP contribution in [0.25, 0.3) is 0 Å². The van der Waals surface area contributed by atoms with Gasteiger partial charge in [0.15, 0.2) is 0 Å². The summed E-state index contributed by atoms with van der Waals surface area (Å²) in [4.78, 5) is 20.4. The molecule has 0 bridgehead atoms. The van der Waals surface area contributed by atoms with E-state index in [1.165, 1.54) is 19.1 Å². The van der Waals surface area contributed by atoms with E-state index in [0.29, 0.717) is 47.5 Å². The van der Waals surface area contributed by atoms with Crippen LogP contribution in [0.3, 0.4) is 0 Å². The number of benzene rings is 2. The van der Waals surface area contributed by atoms with Crippen LogP contribution in [0.4, 0.5) is 11.4 Å². The molecule has 0 spiro atoms. The number of carbonyl (C=O) groups is 1. The third-order valence-corrected chi connectivity index (χ3v) is 12.4. The van der Waals surface area contributed by atoms with Crippen LogP contribution in [0.1, 0.15) is 57.6 Å². The van der Waals surface area contributed by atoms with Crippen molar-refractivity contribution in [3.8, 4) is 0 Å². The van der Waals surface area contributed by atoms with Gasteiger partial charge in [-0.15, -0.1) is 0 Å². The largest absolute Gasteiger partial charge is 0.390 e. The van der Waals surface area contributed by atoms with Crippen molar-refractivity contribution >= 4 is 55.3 Å². The molecule has 278 valence electrons. The van der Waals surface area contributed by atoms with Crippen molar-refractivity contribution in [2.45, 2.75) is 73.2 Å². The van der Waals surface area contributed by atoms with Gasteiger partial charge in [-0.05, 0) is 110 Å². The predicted octanol–water partition coefficient (Wildman–Crippen LogP) is 4.68. The summed E-state index contributed by atoms with van der Waals surface area (Å²) in [6.07, 6.45) is 8.10. The molecule has 3 atom stereocenters. The predicted molar refractivity (Wildman–Crippen MR) is 195 cm³/mol. The maximum absolute atomic E-state index is 12.3. The van der Waals surface area contributed by atoms with Crippen LogP contribution in [0, 0.1) is 0 Å². The molecule has 3 unspecified atom stereocenters. The van der Waals surface area contributed by atoms with Gasteiger partial charge in [-0.1, -0.05) is 12.2 Å². The second-order valence-corrected chi connectivity index (χ2v) is 17.4. The van der Waals surface area contributed by atoms with E-state index in [0.717, 1.165) is 45.8 Å². The first-order valence-electron chi connectivity index (χ1n) is 16.4. The molecule has 52 heavy (non-hydrogen) atoms. The topological polar surface area (TPSA) is 215 Å². The van der Waals surface area contributed by atoms with Gasteiger partial charge in [-0.2, -0.15) is 21.2 Å². The molecule has 6 rings (SSSR count). The van der Waals surface area contributed by atoms with Crippen LogP contribution in [0.15, 0.2) is 98.0 Å². The lowest BCUT2D eigenvalue weighted by Crippen LogP contribution is -2.36. The van der Waals surface area contributed by atoms with E-state index in [4.69, 9.17) is 5.26 Å². The Morgan fingerprint density at radius 2 is 1.50 bits per heavy atom. The number of amides is 1. The number of hydrogen-bond donors (Lipinski definition) is 5. The van der Waals surface area contributed by atoms with Gasteiger partial charge in [0.25, 0.3) is 20.2 Å². The molecule has 2 aliphatic heterocycles. The van der Waals surface area contributed by atoms with Crippen molar-refractivity contribution in [3.63, 3.8) is 0 Å². The van der Waals surface area contributed by atoms with E-state index in [9.17, 15) is 40.9 Å². The Hall–Kier alpha value is -3.65. The molecule has 0 aromatic heterocycles. The number of aliphatic hydroxyl groups excluding tert-OH is 2. The Morgan fingerprint density at radius 1 is 0.942 bits per heavy atom. The van der Waals surface area contributed by atoms with Crippen LogP contribution in [-0.2, 0) is 40.2 Å². The molecule has 1 amide bonds. The standard InChI is InChI=1S/C35H39N3O11S3/c1-21(40)36-24(7-5-23-13-15-35(3)29-17-27(52(46,47)48)9-11-31(29)38(20-39)33(23)35)6-4-22-12-14-34(2)28-16-26(50-49-42)8-10-30(28)37(32(22)34)18-25(41)19-51(43,44)45/h4-11,16-17,25,39,41-42H,12-15,18-20H2,1-3H3,(H,43,44,45)(H,46,47,48)/b6-4+,7-5+,36-24?. The first-order chi connectivity index (χ1) is 24.4. The average Bonchev–Trinajstić information content (AvgIpc) is 3.71. The molecule has 0 saturated carbocycles. The van der Waals surface area contributed by atoms with Gasteiger partial charge >= 0.3 is 0 Å². The molecule has 17 heteroatoms. The van der Waals surface area contributed by atoms with Gasteiger partial charge in [-0.25, -0.2) is 10.2 Å². The average molecular weight is 774 g/mol. The highest BCUT2D eigenvalue weighted by Crippen LogP contribution is 2.58. The first-order valence-corrected chi connectivity index (χ1v) is 20.1. The quantitative estimate of drug-likeness (QED) is 0.0652. The van der Waals surface area contributed by atoms with Gasteiger partial charge in [0, 0.05) is 52.0 Å². The Morgan fingerprint density at radius 3 is 2.04 bits per heavy atom. The molecule has 2 aromatic rings. The number of nitrogens with zero attached hydrogens (tertiary/aromatic N) is 3. The number of aliphatic imine (C=N–C) groups is 1. The lowest BCUT2D eigenvalue weighted by Gasteiger charge is -2.28. The van der Waals surface area contributed by atoms with Gasteiger partial charge in [0.2, 0.25) is 5.91 Å². The Labute approximate surface area is 306 Å². The van der Waals surface area contributed by atoms with Crippen molar-refractivity contribution in [1.82, 2.24) is 0 Å². The van der Waals surface area contributed by atoms with E-state index in [-0.39, 0.29) is 18.2 Å². The minimum Gasteiger partial charge on any atom is -0.390 e. The van der Waals surface area contributed by atoms with E-state index < -0.39 is 48.8 Å². The van der Waals surface area contributed by atoms with E-state index in [1.54, 1.807) is 35.3 Å². The monoisotopic (exact) mass is 773 g/mol. The van der Waals surface area contributed by atoms with Crippen LogP contribution >= 0.6 is 12.0 Å². The van der Waals surface area contributed by atoms with E-state index in [1.807, 2.05) is 37.0 Å². The van der Waals surface area contributed by atoms with Crippen LogP contribution in [-0.4, -0.2) is 78.2 Å². The zero-order valence-electron chi connectivity index (χ0n) is 28.6. The number of allylic oxidation sites excluding steroid dienone is 8. The fraction of sp³-hybridized carbons (Fsp3) is 0.371. The Kier molecular flexibility index (Phi) is 10.2. The number of hydrogen-bond acceptors (Lipinski definition) is 12. The van der Waals surface area contributed by atoms with Crippen molar-refractivity contribution in [2.24, 2.45) is 4.99 Å². The van der Waals surface area contributed by atoms with Crippen molar-refractivity contribution < 1.29 is 50.5 Å². The summed E-state index contributed by atoms with van der Waals surface area (Å²) in [6, 6.07) is 9.69. The van der Waals surface area contributed by atoms with Crippen LogP contribution in [0.5, 0.6) is 0 Å². The normalized spacial score (nSPS) is 23.7. The van der Waals surface area contributed by atoms with Gasteiger partial charge in [-0.3, -0.25) is 13.9 Å². The van der Waals surface area contributed by atoms with Gasteiger partial charge < -0.3 is 20.0 Å². The highest BCUT2D eigenvalue weighted by Gasteiger charge is 2.50. The first kappa shape index (κ1) is 38.1. The maximum Gasteiger partial charge on any atom is 0.294 e. The molecule has 4 aliphatic rings. The molecule has 2 aliphatic carbocycles. The second-order valence-electron chi connectivity index (χ2n) is 13.7. The highest BCUT2D eigenvalue weighted by atomic mass is 32.2. The molecule has 5 N–H and O–H groups in total. The van der Waals surface area contributed by atoms with E-state index in [2.05, 4.69) is 9.33 Å². The second kappa shape index (κ2) is 14.0. The summed E-state index contributed by atoms with van der Waals surface area (Å²) in [5, 5.41) is 30.1. The summed E-state index contributed by atoms with van der Waals surface area (Å²) < 4.78 is 70.4.